The van der Waals surface area contributed by atoms with Crippen molar-refractivity contribution >= 4 is 29.7 Å². The molecule has 1 atom stereocenters. The van der Waals surface area contributed by atoms with Crippen LogP contribution in [0.15, 0.2) is 18.2 Å². The number of carbonyl (C=O) groups excluding carboxylic acids is 1. The minimum atomic E-state index is 0. The van der Waals surface area contributed by atoms with Crippen LogP contribution >= 0.6 is 12.4 Å². The summed E-state index contributed by atoms with van der Waals surface area (Å²) in [4.78, 5) is 12.0. The molecule has 0 spiro atoms. The molecule has 1 unspecified atom stereocenters. The summed E-state index contributed by atoms with van der Waals surface area (Å²) >= 11 is 0. The van der Waals surface area contributed by atoms with Crippen molar-refractivity contribution in [1.29, 1.82) is 0 Å². The van der Waals surface area contributed by atoms with Crippen molar-refractivity contribution in [3.63, 3.8) is 0 Å². The monoisotopic (exact) mass is 324 g/mol. The van der Waals surface area contributed by atoms with Gasteiger partial charge in [0.15, 0.2) is 0 Å². The van der Waals surface area contributed by atoms with E-state index in [1.54, 1.807) is 0 Å². The summed E-state index contributed by atoms with van der Waals surface area (Å²) in [5.41, 5.74) is 3.41. The molecular weight excluding hydrogens is 300 g/mol. The van der Waals surface area contributed by atoms with Crippen LogP contribution < -0.4 is 10.6 Å². The SMILES string of the molecule is Cl.O=C(CCC1CCCCO1)Nc1ccc2c(c1)CCCN2. The van der Waals surface area contributed by atoms with Gasteiger partial charge in [-0.1, -0.05) is 0 Å². The number of carbonyl (C=O) groups is 1. The van der Waals surface area contributed by atoms with Crippen molar-refractivity contribution in [1.82, 2.24) is 0 Å². The lowest BCUT2D eigenvalue weighted by Gasteiger charge is -2.22. The Morgan fingerprint density at radius 1 is 1.32 bits per heavy atom. The molecule has 2 aliphatic heterocycles. The Morgan fingerprint density at radius 3 is 3.05 bits per heavy atom. The van der Waals surface area contributed by atoms with Crippen LogP contribution in [0.25, 0.3) is 0 Å². The summed E-state index contributed by atoms with van der Waals surface area (Å²) in [7, 11) is 0. The number of fused-ring (bicyclic) bond motifs is 1. The molecule has 122 valence electrons. The van der Waals surface area contributed by atoms with Crippen molar-refractivity contribution in [2.45, 2.75) is 51.0 Å². The van der Waals surface area contributed by atoms with Gasteiger partial charge in [-0.15, -0.1) is 12.4 Å². The van der Waals surface area contributed by atoms with E-state index >= 15 is 0 Å². The van der Waals surface area contributed by atoms with Crippen LogP contribution in [0.4, 0.5) is 11.4 Å². The van der Waals surface area contributed by atoms with Gasteiger partial charge in [-0.3, -0.25) is 4.79 Å². The van der Waals surface area contributed by atoms with Crippen molar-refractivity contribution in [2.75, 3.05) is 23.8 Å². The fraction of sp³-hybridized carbons (Fsp3) is 0.588. The van der Waals surface area contributed by atoms with E-state index in [2.05, 4.69) is 22.8 Å². The van der Waals surface area contributed by atoms with E-state index in [-0.39, 0.29) is 24.4 Å². The second-order valence-corrected chi connectivity index (χ2v) is 5.98. The van der Waals surface area contributed by atoms with E-state index < -0.39 is 0 Å². The summed E-state index contributed by atoms with van der Waals surface area (Å²) in [5.74, 6) is 0.0906. The summed E-state index contributed by atoms with van der Waals surface area (Å²) < 4.78 is 5.66. The van der Waals surface area contributed by atoms with Crippen molar-refractivity contribution in [3.8, 4) is 0 Å². The van der Waals surface area contributed by atoms with Gasteiger partial charge in [0, 0.05) is 30.9 Å². The molecule has 1 fully saturated rings. The molecule has 0 aliphatic carbocycles. The van der Waals surface area contributed by atoms with Gasteiger partial charge in [0.25, 0.3) is 0 Å². The average Bonchev–Trinajstić information content (AvgIpc) is 2.54. The summed E-state index contributed by atoms with van der Waals surface area (Å²) in [6.45, 7) is 1.89. The third-order valence-corrected chi connectivity index (χ3v) is 4.29. The van der Waals surface area contributed by atoms with Crippen LogP contribution in [0.2, 0.25) is 0 Å². The van der Waals surface area contributed by atoms with Crippen molar-refractivity contribution in [2.24, 2.45) is 0 Å². The Kier molecular flexibility index (Phi) is 6.52. The first-order valence-electron chi connectivity index (χ1n) is 8.09. The molecule has 1 amide bonds. The third kappa shape index (κ3) is 4.62. The molecule has 22 heavy (non-hydrogen) atoms. The maximum atomic E-state index is 12.0. The number of amides is 1. The predicted octanol–water partition coefficient (Wildman–Crippen LogP) is 3.75. The number of hydrogen-bond donors (Lipinski definition) is 2. The Morgan fingerprint density at radius 2 is 2.23 bits per heavy atom. The lowest BCUT2D eigenvalue weighted by Crippen LogP contribution is -2.22. The molecule has 0 aromatic heterocycles. The van der Waals surface area contributed by atoms with Gasteiger partial charge in [-0.2, -0.15) is 0 Å². The lowest BCUT2D eigenvalue weighted by atomic mass is 10.0. The molecule has 2 N–H and O–H groups in total. The number of anilines is 2. The highest BCUT2D eigenvalue weighted by Crippen LogP contribution is 2.25. The summed E-state index contributed by atoms with van der Waals surface area (Å²) in [5, 5.41) is 6.39. The molecule has 0 saturated carbocycles. The first-order chi connectivity index (χ1) is 10.3. The molecular formula is C17H25ClN2O2. The molecule has 1 aromatic rings. The van der Waals surface area contributed by atoms with E-state index in [9.17, 15) is 4.79 Å². The standard InChI is InChI=1S/C17H24N2O2.ClH/c20-17(9-7-15-5-1-2-11-21-15)19-14-6-8-16-13(12-14)4-3-10-18-16;/h6,8,12,15,18H,1-5,7,9-11H2,(H,19,20);1H. The maximum Gasteiger partial charge on any atom is 0.224 e. The molecule has 1 aromatic carbocycles. The second-order valence-electron chi connectivity index (χ2n) is 5.98. The molecule has 2 aliphatic rings. The van der Waals surface area contributed by atoms with Gasteiger partial charge in [0.2, 0.25) is 5.91 Å². The van der Waals surface area contributed by atoms with E-state index in [4.69, 9.17) is 4.74 Å². The normalized spacial score (nSPS) is 20.3. The second kappa shape index (κ2) is 8.39. The molecule has 5 heteroatoms. The van der Waals surface area contributed by atoms with E-state index in [0.29, 0.717) is 6.42 Å². The zero-order valence-corrected chi connectivity index (χ0v) is 13.7. The zero-order valence-electron chi connectivity index (χ0n) is 12.9. The number of benzene rings is 1. The number of halogens is 1. The maximum absolute atomic E-state index is 12.0. The van der Waals surface area contributed by atoms with Gasteiger partial charge in [0.1, 0.15) is 0 Å². The van der Waals surface area contributed by atoms with Crippen LogP contribution in [-0.4, -0.2) is 25.2 Å². The first-order valence-corrected chi connectivity index (χ1v) is 8.09. The molecule has 0 bridgehead atoms. The lowest BCUT2D eigenvalue weighted by molar-refractivity contribution is -0.117. The van der Waals surface area contributed by atoms with E-state index in [1.807, 2.05) is 6.07 Å². The fourth-order valence-corrected chi connectivity index (χ4v) is 3.10. The smallest absolute Gasteiger partial charge is 0.224 e. The van der Waals surface area contributed by atoms with E-state index in [1.165, 1.54) is 17.7 Å². The molecule has 3 rings (SSSR count). The molecule has 0 radical (unpaired) electrons. The highest BCUT2D eigenvalue weighted by atomic mass is 35.5. The van der Waals surface area contributed by atoms with E-state index in [0.717, 1.165) is 50.9 Å². The molecule has 1 saturated heterocycles. The van der Waals surface area contributed by atoms with Crippen LogP contribution in [-0.2, 0) is 16.0 Å². The minimum Gasteiger partial charge on any atom is -0.385 e. The Bertz CT molecular complexity index is 501. The molecule has 2 heterocycles. The number of ether oxygens (including phenoxy) is 1. The van der Waals surface area contributed by atoms with Crippen LogP contribution in [0, 0.1) is 0 Å². The van der Waals surface area contributed by atoms with Gasteiger partial charge < -0.3 is 15.4 Å². The van der Waals surface area contributed by atoms with Crippen molar-refractivity contribution in [3.05, 3.63) is 23.8 Å². The largest absolute Gasteiger partial charge is 0.385 e. The quantitative estimate of drug-likeness (QED) is 0.886. The Balaban J connectivity index is 0.00000176. The van der Waals surface area contributed by atoms with Crippen LogP contribution in [0.5, 0.6) is 0 Å². The Labute approximate surface area is 138 Å². The van der Waals surface area contributed by atoms with Gasteiger partial charge in [-0.05, 0) is 62.3 Å². The topological polar surface area (TPSA) is 50.4 Å². The first kappa shape index (κ1) is 17.1. The van der Waals surface area contributed by atoms with Crippen LogP contribution in [0.3, 0.4) is 0 Å². The van der Waals surface area contributed by atoms with Gasteiger partial charge in [0.05, 0.1) is 6.10 Å². The molecule has 4 nitrogen and oxygen atoms in total. The van der Waals surface area contributed by atoms with Gasteiger partial charge >= 0.3 is 0 Å². The number of nitrogens with one attached hydrogen (secondary N) is 2. The third-order valence-electron chi connectivity index (χ3n) is 4.29. The van der Waals surface area contributed by atoms with Crippen LogP contribution in [0.1, 0.15) is 44.1 Å². The number of aryl methyl sites for hydroxylation is 1. The van der Waals surface area contributed by atoms with Crippen molar-refractivity contribution < 1.29 is 9.53 Å². The zero-order chi connectivity index (χ0) is 14.5. The summed E-state index contributed by atoms with van der Waals surface area (Å²) in [6.07, 6.45) is 7.37. The number of rotatable bonds is 4. The highest BCUT2D eigenvalue weighted by Gasteiger charge is 2.15. The Hall–Kier alpha value is -1.26. The number of hydrogen-bond acceptors (Lipinski definition) is 3. The minimum absolute atomic E-state index is 0. The fourth-order valence-electron chi connectivity index (χ4n) is 3.10. The van der Waals surface area contributed by atoms with Gasteiger partial charge in [-0.25, -0.2) is 0 Å². The predicted molar refractivity (Wildman–Crippen MR) is 92.0 cm³/mol. The highest BCUT2D eigenvalue weighted by molar-refractivity contribution is 5.91. The average molecular weight is 325 g/mol. The summed E-state index contributed by atoms with van der Waals surface area (Å²) in [6, 6.07) is 6.14.